The lowest BCUT2D eigenvalue weighted by Gasteiger charge is -1.99. The lowest BCUT2D eigenvalue weighted by molar-refractivity contribution is 0.0999. The van der Waals surface area contributed by atoms with Crippen LogP contribution >= 0.6 is 11.3 Å². The predicted octanol–water partition coefficient (Wildman–Crippen LogP) is 3.20. The Morgan fingerprint density at radius 2 is 2.20 bits per heavy atom. The second-order valence-corrected chi connectivity index (χ2v) is 5.05. The number of anilines is 2. The van der Waals surface area contributed by atoms with E-state index < -0.39 is 5.91 Å². The zero-order valence-corrected chi connectivity index (χ0v) is 11.0. The molecule has 3 aromatic rings. The molecule has 2 aromatic heterocycles. The van der Waals surface area contributed by atoms with E-state index in [9.17, 15) is 4.79 Å². The van der Waals surface area contributed by atoms with Gasteiger partial charge >= 0.3 is 0 Å². The fraction of sp³-hybridized carbons (Fsp3) is 0. The minimum Gasteiger partial charge on any atom is -0.451 e. The van der Waals surface area contributed by atoms with Crippen LogP contribution in [0.4, 0.5) is 10.7 Å². The predicted molar refractivity (Wildman–Crippen MR) is 77.6 cm³/mol. The first-order chi connectivity index (χ1) is 9.67. The number of hydrogen-bond acceptors (Lipinski definition) is 5. The maximum Gasteiger partial charge on any atom is 0.292 e. The van der Waals surface area contributed by atoms with Crippen LogP contribution in [0, 0.1) is 11.3 Å². The number of thiophene rings is 1. The summed E-state index contributed by atoms with van der Waals surface area (Å²) in [6.45, 7) is 0. The average Bonchev–Trinajstić information content (AvgIpc) is 3.04. The summed E-state index contributed by atoms with van der Waals surface area (Å²) in [4.78, 5) is 12.1. The minimum atomic E-state index is -0.390. The number of carbonyl (C=O) groups is 1. The van der Waals surface area contributed by atoms with Crippen LogP contribution in [0.15, 0.2) is 40.1 Å². The van der Waals surface area contributed by atoms with Gasteiger partial charge < -0.3 is 15.5 Å². The molecule has 3 rings (SSSR count). The molecule has 0 saturated heterocycles. The molecule has 0 radical (unpaired) electrons. The number of rotatable bonds is 2. The first-order valence-electron chi connectivity index (χ1n) is 5.75. The quantitative estimate of drug-likeness (QED) is 0.706. The Hall–Kier alpha value is -2.78. The van der Waals surface area contributed by atoms with Crippen molar-refractivity contribution in [1.82, 2.24) is 0 Å². The Labute approximate surface area is 118 Å². The molecule has 98 valence electrons. The summed E-state index contributed by atoms with van der Waals surface area (Å²) in [6, 6.07) is 10.5. The van der Waals surface area contributed by atoms with E-state index in [1.807, 2.05) is 6.07 Å². The summed E-state index contributed by atoms with van der Waals surface area (Å²) in [7, 11) is 0. The standard InChI is InChI=1S/C14H9N3O2S/c15-7-8-3-4-20-14(8)17-13(18)12-6-9-5-10(16)1-2-11(9)19-12/h1-6H,16H2,(H,17,18). The van der Waals surface area contributed by atoms with Crippen LogP contribution in [0.3, 0.4) is 0 Å². The lowest BCUT2D eigenvalue weighted by Crippen LogP contribution is -2.10. The Kier molecular flexibility index (Phi) is 2.89. The van der Waals surface area contributed by atoms with Crippen molar-refractivity contribution in [2.24, 2.45) is 0 Å². The van der Waals surface area contributed by atoms with E-state index in [2.05, 4.69) is 5.32 Å². The van der Waals surface area contributed by atoms with Crippen molar-refractivity contribution in [3.05, 3.63) is 47.0 Å². The van der Waals surface area contributed by atoms with Gasteiger partial charge in [-0.15, -0.1) is 11.3 Å². The summed E-state index contributed by atoms with van der Waals surface area (Å²) in [5, 5.41) is 14.6. The van der Waals surface area contributed by atoms with Gasteiger partial charge in [-0.1, -0.05) is 0 Å². The van der Waals surface area contributed by atoms with E-state index in [0.29, 0.717) is 21.8 Å². The Balaban J connectivity index is 1.91. The number of carbonyl (C=O) groups excluding carboxylic acids is 1. The smallest absolute Gasteiger partial charge is 0.292 e. The Bertz CT molecular complexity index is 842. The molecule has 5 nitrogen and oxygen atoms in total. The molecule has 1 aromatic carbocycles. The summed E-state index contributed by atoms with van der Waals surface area (Å²) in [5.41, 5.74) is 7.31. The first-order valence-corrected chi connectivity index (χ1v) is 6.63. The molecule has 0 aliphatic carbocycles. The number of nitrogens with zero attached hydrogens (tertiary/aromatic N) is 1. The second kappa shape index (κ2) is 4.72. The van der Waals surface area contributed by atoms with Crippen molar-refractivity contribution in [1.29, 1.82) is 5.26 Å². The molecular weight excluding hydrogens is 274 g/mol. The Morgan fingerprint density at radius 1 is 1.35 bits per heavy atom. The highest BCUT2D eigenvalue weighted by Crippen LogP contribution is 2.25. The third-order valence-corrected chi connectivity index (χ3v) is 3.61. The van der Waals surface area contributed by atoms with Crippen molar-refractivity contribution in [2.75, 3.05) is 11.1 Å². The molecule has 0 bridgehead atoms. The third-order valence-electron chi connectivity index (χ3n) is 2.78. The van der Waals surface area contributed by atoms with E-state index in [-0.39, 0.29) is 5.76 Å². The van der Waals surface area contributed by atoms with E-state index >= 15 is 0 Å². The van der Waals surface area contributed by atoms with Crippen molar-refractivity contribution in [3.8, 4) is 6.07 Å². The first kappa shape index (κ1) is 12.3. The zero-order valence-electron chi connectivity index (χ0n) is 10.2. The molecular formula is C14H9N3O2S. The molecule has 0 spiro atoms. The highest BCUT2D eigenvalue weighted by Gasteiger charge is 2.15. The molecule has 0 aliphatic rings. The van der Waals surface area contributed by atoms with Crippen molar-refractivity contribution in [3.63, 3.8) is 0 Å². The number of benzene rings is 1. The molecule has 0 atom stereocenters. The molecule has 0 saturated carbocycles. The van der Waals surface area contributed by atoms with Gasteiger partial charge in [0.2, 0.25) is 0 Å². The van der Waals surface area contributed by atoms with Gasteiger partial charge in [-0.25, -0.2) is 0 Å². The number of furan rings is 1. The number of fused-ring (bicyclic) bond motifs is 1. The number of hydrogen-bond donors (Lipinski definition) is 2. The van der Waals surface area contributed by atoms with E-state index in [1.54, 1.807) is 35.7 Å². The zero-order chi connectivity index (χ0) is 14.1. The van der Waals surface area contributed by atoms with Crippen molar-refractivity contribution < 1.29 is 9.21 Å². The van der Waals surface area contributed by atoms with Crippen LogP contribution < -0.4 is 11.1 Å². The van der Waals surface area contributed by atoms with E-state index in [4.69, 9.17) is 15.4 Å². The van der Waals surface area contributed by atoms with Gasteiger partial charge in [0.25, 0.3) is 5.91 Å². The molecule has 6 heteroatoms. The van der Waals surface area contributed by atoms with Crippen LogP contribution in [0.1, 0.15) is 16.1 Å². The van der Waals surface area contributed by atoms with Gasteiger partial charge in [0.15, 0.2) is 5.76 Å². The van der Waals surface area contributed by atoms with Gasteiger partial charge in [-0.05, 0) is 35.7 Å². The van der Waals surface area contributed by atoms with Crippen LogP contribution in [0.5, 0.6) is 0 Å². The summed E-state index contributed by atoms with van der Waals surface area (Å²) in [6.07, 6.45) is 0. The van der Waals surface area contributed by atoms with Gasteiger partial charge in [-0.3, -0.25) is 4.79 Å². The molecule has 3 N–H and O–H groups in total. The van der Waals surface area contributed by atoms with Crippen LogP contribution in [-0.4, -0.2) is 5.91 Å². The maximum absolute atomic E-state index is 12.1. The van der Waals surface area contributed by atoms with Gasteiger partial charge in [0, 0.05) is 11.1 Å². The topological polar surface area (TPSA) is 92.0 Å². The van der Waals surface area contributed by atoms with Gasteiger partial charge in [0.05, 0.1) is 5.56 Å². The van der Waals surface area contributed by atoms with Crippen LogP contribution in [0.2, 0.25) is 0 Å². The summed E-state index contributed by atoms with van der Waals surface area (Å²) >= 11 is 1.29. The fourth-order valence-corrected chi connectivity index (χ4v) is 2.57. The molecule has 2 heterocycles. The molecule has 0 unspecified atom stereocenters. The number of nitrogen functional groups attached to an aromatic ring is 1. The van der Waals surface area contributed by atoms with E-state index in [1.165, 1.54) is 11.3 Å². The maximum atomic E-state index is 12.1. The normalized spacial score (nSPS) is 10.3. The SMILES string of the molecule is N#Cc1ccsc1NC(=O)c1cc2cc(N)ccc2o1. The van der Waals surface area contributed by atoms with Gasteiger partial charge in [-0.2, -0.15) is 5.26 Å². The molecule has 0 fully saturated rings. The second-order valence-electron chi connectivity index (χ2n) is 4.14. The summed E-state index contributed by atoms with van der Waals surface area (Å²) in [5.74, 6) is -0.207. The van der Waals surface area contributed by atoms with E-state index in [0.717, 1.165) is 5.39 Å². The lowest BCUT2D eigenvalue weighted by atomic mass is 10.2. The monoisotopic (exact) mass is 283 g/mol. The third kappa shape index (κ3) is 2.11. The molecule has 1 amide bonds. The molecule has 0 aliphatic heterocycles. The highest BCUT2D eigenvalue weighted by atomic mass is 32.1. The number of nitrogens with two attached hydrogens (primary N) is 1. The van der Waals surface area contributed by atoms with Crippen LogP contribution in [0.25, 0.3) is 11.0 Å². The average molecular weight is 283 g/mol. The minimum absolute atomic E-state index is 0.183. The summed E-state index contributed by atoms with van der Waals surface area (Å²) < 4.78 is 5.46. The largest absolute Gasteiger partial charge is 0.451 e. The molecule has 20 heavy (non-hydrogen) atoms. The van der Waals surface area contributed by atoms with Crippen molar-refractivity contribution in [2.45, 2.75) is 0 Å². The Morgan fingerprint density at radius 3 is 3.00 bits per heavy atom. The number of amides is 1. The van der Waals surface area contributed by atoms with Gasteiger partial charge in [0.1, 0.15) is 16.7 Å². The fourth-order valence-electron chi connectivity index (χ4n) is 1.83. The van der Waals surface area contributed by atoms with Crippen molar-refractivity contribution >= 4 is 38.9 Å². The number of nitrogens with one attached hydrogen (secondary N) is 1. The van der Waals surface area contributed by atoms with Crippen LogP contribution in [-0.2, 0) is 0 Å². The number of nitriles is 1. The highest BCUT2D eigenvalue weighted by molar-refractivity contribution is 7.14.